The molecule has 0 aromatic heterocycles. The zero-order chi connectivity index (χ0) is 13.0. The first-order chi connectivity index (χ1) is 8.41. The smallest absolute Gasteiger partial charge is 0.103 e. The maximum atomic E-state index is 11.2. The van der Waals surface area contributed by atoms with Gasteiger partial charge in [0.1, 0.15) is 5.60 Å². The molecule has 0 spiro atoms. The number of hydrogen-bond acceptors (Lipinski definition) is 2. The number of aliphatic hydroxyl groups is 2. The number of fused-ring (bicyclic) bond motifs is 3. The average Bonchev–Trinajstić information content (AvgIpc) is 2.33. The first-order valence-electron chi connectivity index (χ1n) is 6.94. The molecule has 2 aliphatic carbocycles. The van der Waals surface area contributed by atoms with Crippen molar-refractivity contribution in [2.75, 3.05) is 0 Å². The lowest BCUT2D eigenvalue weighted by atomic mass is 9.50. The van der Waals surface area contributed by atoms with Crippen molar-refractivity contribution >= 4 is 0 Å². The van der Waals surface area contributed by atoms with Crippen LogP contribution in [0.5, 0.6) is 0 Å². The van der Waals surface area contributed by atoms with E-state index in [-0.39, 0.29) is 5.41 Å². The molecule has 1 saturated carbocycles. The molecule has 3 unspecified atom stereocenters. The summed E-state index contributed by atoms with van der Waals surface area (Å²) in [6, 6.07) is 8.39. The van der Waals surface area contributed by atoms with Crippen molar-refractivity contribution in [3.05, 3.63) is 35.4 Å². The molecular weight excluding hydrogens is 224 g/mol. The van der Waals surface area contributed by atoms with Crippen molar-refractivity contribution in [3.8, 4) is 0 Å². The molecule has 0 radical (unpaired) electrons. The molecule has 3 atom stereocenters. The van der Waals surface area contributed by atoms with Crippen molar-refractivity contribution in [2.24, 2.45) is 0 Å². The number of rotatable bonds is 0. The third-order valence-corrected chi connectivity index (χ3v) is 5.51. The van der Waals surface area contributed by atoms with Gasteiger partial charge in [-0.25, -0.2) is 0 Å². The zero-order valence-electron chi connectivity index (χ0n) is 11.2. The Kier molecular flexibility index (Phi) is 2.43. The fraction of sp³-hybridized carbons (Fsp3) is 0.625. The largest absolute Gasteiger partial charge is 0.387 e. The van der Waals surface area contributed by atoms with E-state index < -0.39 is 11.2 Å². The summed E-state index contributed by atoms with van der Waals surface area (Å²) in [6.45, 7) is 3.93. The summed E-state index contributed by atoms with van der Waals surface area (Å²) in [6.07, 6.45) is 4.14. The van der Waals surface area contributed by atoms with Gasteiger partial charge in [0.05, 0.1) is 5.60 Å². The third kappa shape index (κ3) is 1.31. The second-order valence-corrected chi connectivity index (χ2v) is 6.48. The molecule has 2 aliphatic rings. The van der Waals surface area contributed by atoms with Gasteiger partial charge in [0.15, 0.2) is 0 Å². The molecule has 2 N–H and O–H groups in total. The fourth-order valence-electron chi connectivity index (χ4n) is 4.29. The monoisotopic (exact) mass is 246 g/mol. The maximum Gasteiger partial charge on any atom is 0.103 e. The summed E-state index contributed by atoms with van der Waals surface area (Å²) in [5.41, 5.74) is 0.282. The molecule has 0 saturated heterocycles. The van der Waals surface area contributed by atoms with Crippen LogP contribution in [0.1, 0.15) is 50.7 Å². The van der Waals surface area contributed by atoms with Gasteiger partial charge >= 0.3 is 0 Å². The molecule has 0 amide bonds. The highest BCUT2D eigenvalue weighted by Gasteiger charge is 2.61. The molecule has 0 heterocycles. The Bertz CT molecular complexity index is 480. The summed E-state index contributed by atoms with van der Waals surface area (Å²) in [7, 11) is 0. The van der Waals surface area contributed by atoms with Gasteiger partial charge < -0.3 is 10.2 Å². The van der Waals surface area contributed by atoms with Crippen LogP contribution in [0.15, 0.2) is 24.3 Å². The van der Waals surface area contributed by atoms with E-state index in [0.29, 0.717) is 12.8 Å². The Morgan fingerprint density at radius 2 is 1.72 bits per heavy atom. The van der Waals surface area contributed by atoms with E-state index in [9.17, 15) is 10.2 Å². The number of aryl methyl sites for hydroxylation is 1. The van der Waals surface area contributed by atoms with Crippen LogP contribution in [0.25, 0.3) is 0 Å². The normalized spacial score (nSPS) is 43.1. The second kappa shape index (κ2) is 3.58. The quantitative estimate of drug-likeness (QED) is 0.738. The van der Waals surface area contributed by atoms with Crippen LogP contribution in [0.3, 0.4) is 0 Å². The molecule has 2 heteroatoms. The van der Waals surface area contributed by atoms with Crippen LogP contribution in [0.4, 0.5) is 0 Å². The zero-order valence-corrected chi connectivity index (χ0v) is 11.2. The van der Waals surface area contributed by atoms with Crippen molar-refractivity contribution in [2.45, 2.75) is 62.6 Å². The summed E-state index contributed by atoms with van der Waals surface area (Å²) in [4.78, 5) is 0. The summed E-state index contributed by atoms with van der Waals surface area (Å²) in [5, 5.41) is 21.8. The molecular formula is C16H22O2. The van der Waals surface area contributed by atoms with Crippen molar-refractivity contribution in [1.82, 2.24) is 0 Å². The molecule has 0 aliphatic heterocycles. The van der Waals surface area contributed by atoms with Gasteiger partial charge in [0, 0.05) is 5.41 Å². The van der Waals surface area contributed by atoms with Crippen molar-refractivity contribution in [1.29, 1.82) is 0 Å². The third-order valence-electron chi connectivity index (χ3n) is 5.51. The van der Waals surface area contributed by atoms with E-state index in [0.717, 1.165) is 19.3 Å². The lowest BCUT2D eigenvalue weighted by molar-refractivity contribution is -0.210. The van der Waals surface area contributed by atoms with Gasteiger partial charge in [0.25, 0.3) is 0 Å². The predicted molar refractivity (Wildman–Crippen MR) is 71.5 cm³/mol. The highest BCUT2D eigenvalue weighted by Crippen LogP contribution is 2.56. The summed E-state index contributed by atoms with van der Waals surface area (Å²) in [5.74, 6) is 0. The van der Waals surface area contributed by atoms with E-state index in [1.54, 1.807) is 6.92 Å². The van der Waals surface area contributed by atoms with E-state index in [1.807, 2.05) is 6.07 Å². The molecule has 18 heavy (non-hydrogen) atoms. The van der Waals surface area contributed by atoms with Gasteiger partial charge in [-0.3, -0.25) is 0 Å². The molecule has 3 rings (SSSR count). The molecule has 1 fully saturated rings. The van der Waals surface area contributed by atoms with Crippen LogP contribution in [0, 0.1) is 0 Å². The Morgan fingerprint density at radius 1 is 1.00 bits per heavy atom. The van der Waals surface area contributed by atoms with E-state index >= 15 is 0 Å². The lowest BCUT2D eigenvalue weighted by Gasteiger charge is -2.59. The minimum absolute atomic E-state index is 0.316. The van der Waals surface area contributed by atoms with Crippen LogP contribution in [-0.2, 0) is 11.8 Å². The van der Waals surface area contributed by atoms with Gasteiger partial charge in [-0.15, -0.1) is 0 Å². The number of benzene rings is 1. The molecule has 0 bridgehead atoms. The molecule has 1 aromatic carbocycles. The Balaban J connectivity index is 2.20. The van der Waals surface area contributed by atoms with Crippen molar-refractivity contribution in [3.63, 3.8) is 0 Å². The Hall–Kier alpha value is -0.860. The Morgan fingerprint density at radius 3 is 2.50 bits per heavy atom. The average molecular weight is 246 g/mol. The second-order valence-electron chi connectivity index (χ2n) is 6.48. The molecule has 2 nitrogen and oxygen atoms in total. The Labute approximate surface area is 109 Å². The van der Waals surface area contributed by atoms with Crippen LogP contribution >= 0.6 is 0 Å². The first kappa shape index (κ1) is 12.2. The van der Waals surface area contributed by atoms with Gasteiger partial charge in [0.2, 0.25) is 0 Å². The van der Waals surface area contributed by atoms with E-state index in [1.165, 1.54) is 11.1 Å². The van der Waals surface area contributed by atoms with Gasteiger partial charge in [-0.1, -0.05) is 31.2 Å². The van der Waals surface area contributed by atoms with Gasteiger partial charge in [-0.2, -0.15) is 0 Å². The topological polar surface area (TPSA) is 40.5 Å². The van der Waals surface area contributed by atoms with Crippen molar-refractivity contribution < 1.29 is 10.2 Å². The highest BCUT2D eigenvalue weighted by atomic mass is 16.4. The standard InChI is InChI=1S/C16H22O2/c1-14-9-5-10-15(2,17)16(14,18)11-8-12-6-3-4-7-13(12)14/h3-4,6-7,17-18H,5,8-11H2,1-2H3. The van der Waals surface area contributed by atoms with E-state index in [2.05, 4.69) is 25.1 Å². The lowest BCUT2D eigenvalue weighted by Crippen LogP contribution is -2.67. The molecule has 98 valence electrons. The van der Waals surface area contributed by atoms with E-state index in [4.69, 9.17) is 0 Å². The van der Waals surface area contributed by atoms with Crippen LogP contribution < -0.4 is 0 Å². The van der Waals surface area contributed by atoms with Crippen LogP contribution in [0.2, 0.25) is 0 Å². The minimum Gasteiger partial charge on any atom is -0.387 e. The maximum absolute atomic E-state index is 11.2. The van der Waals surface area contributed by atoms with Crippen LogP contribution in [-0.4, -0.2) is 21.4 Å². The number of hydrogen-bond donors (Lipinski definition) is 2. The van der Waals surface area contributed by atoms with Gasteiger partial charge in [-0.05, 0) is 50.2 Å². The summed E-state index contributed by atoms with van der Waals surface area (Å²) < 4.78 is 0. The highest BCUT2D eigenvalue weighted by molar-refractivity contribution is 5.42. The predicted octanol–water partition coefficient (Wildman–Crippen LogP) is 2.56. The minimum atomic E-state index is -0.993. The fourth-order valence-corrected chi connectivity index (χ4v) is 4.29. The summed E-state index contributed by atoms with van der Waals surface area (Å²) >= 11 is 0. The SMILES string of the molecule is CC1(O)CCCC2(C)c3ccccc3CCC12O. The molecule has 1 aromatic rings. The first-order valence-corrected chi connectivity index (χ1v) is 6.94.